The first-order valence-electron chi connectivity index (χ1n) is 9.74. The van der Waals surface area contributed by atoms with Crippen LogP contribution in [0.4, 0.5) is 0 Å². The van der Waals surface area contributed by atoms with Gasteiger partial charge in [0, 0.05) is 16.8 Å². The van der Waals surface area contributed by atoms with Gasteiger partial charge < -0.3 is 4.74 Å². The van der Waals surface area contributed by atoms with Gasteiger partial charge in [-0.1, -0.05) is 63.6 Å². The second-order valence-electron chi connectivity index (χ2n) is 7.21. The zero-order chi connectivity index (χ0) is 20.1. The predicted octanol–water partition coefficient (Wildman–Crippen LogP) is 6.14. The zero-order valence-corrected chi connectivity index (χ0v) is 17.8. The summed E-state index contributed by atoms with van der Waals surface area (Å²) in [5, 5.41) is 4.09. The Bertz CT molecular complexity index is 952. The summed E-state index contributed by atoms with van der Waals surface area (Å²) in [6.07, 6.45) is 3.95. The van der Waals surface area contributed by atoms with Gasteiger partial charge in [-0.2, -0.15) is 0 Å². The Balaban J connectivity index is 1.89. The number of thioether (sulfide) groups is 1. The average molecular weight is 394 g/mol. The molecule has 3 nitrogen and oxygen atoms in total. The van der Waals surface area contributed by atoms with Crippen LogP contribution in [0.15, 0.2) is 59.8 Å². The van der Waals surface area contributed by atoms with Crippen molar-refractivity contribution in [3.8, 4) is 0 Å². The van der Waals surface area contributed by atoms with Crippen LogP contribution in [0.25, 0.3) is 10.8 Å². The lowest BCUT2D eigenvalue weighted by atomic mass is 10.00. The van der Waals surface area contributed by atoms with Crippen molar-refractivity contribution < 1.29 is 9.53 Å². The van der Waals surface area contributed by atoms with Crippen molar-refractivity contribution in [1.82, 2.24) is 4.98 Å². The van der Waals surface area contributed by atoms with Crippen molar-refractivity contribution in [2.75, 3.05) is 7.11 Å². The van der Waals surface area contributed by atoms with Crippen molar-refractivity contribution in [3.63, 3.8) is 0 Å². The SMILES string of the molecule is CCC(C)C(C)Sc1ncc(Cc2ccc(C(=O)OC)cc2)c2ccccc12. The minimum absolute atomic E-state index is 0.310. The number of fused-ring (bicyclic) bond motifs is 1. The highest BCUT2D eigenvalue weighted by atomic mass is 32.2. The Hall–Kier alpha value is -2.33. The number of aromatic nitrogens is 1. The van der Waals surface area contributed by atoms with Gasteiger partial charge in [0.05, 0.1) is 12.7 Å². The Morgan fingerprint density at radius 3 is 2.39 bits per heavy atom. The maximum absolute atomic E-state index is 11.6. The molecule has 2 atom stereocenters. The number of pyridine rings is 1. The van der Waals surface area contributed by atoms with Gasteiger partial charge >= 0.3 is 5.97 Å². The highest BCUT2D eigenvalue weighted by Gasteiger charge is 2.15. The van der Waals surface area contributed by atoms with Crippen LogP contribution in [0.3, 0.4) is 0 Å². The summed E-state index contributed by atoms with van der Waals surface area (Å²) in [6, 6.07) is 16.1. The topological polar surface area (TPSA) is 39.2 Å². The van der Waals surface area contributed by atoms with Gasteiger partial charge in [0.15, 0.2) is 0 Å². The molecule has 28 heavy (non-hydrogen) atoms. The molecule has 0 radical (unpaired) electrons. The van der Waals surface area contributed by atoms with E-state index in [9.17, 15) is 4.79 Å². The Labute approximate surface area is 171 Å². The molecule has 1 heterocycles. The van der Waals surface area contributed by atoms with Crippen molar-refractivity contribution in [1.29, 1.82) is 0 Å². The lowest BCUT2D eigenvalue weighted by Crippen LogP contribution is -2.09. The van der Waals surface area contributed by atoms with Crippen LogP contribution in [-0.2, 0) is 11.2 Å². The van der Waals surface area contributed by atoms with Crippen LogP contribution in [0, 0.1) is 5.92 Å². The van der Waals surface area contributed by atoms with Crippen LogP contribution in [0.1, 0.15) is 48.7 Å². The van der Waals surface area contributed by atoms with E-state index in [4.69, 9.17) is 9.72 Å². The van der Waals surface area contributed by atoms with Crippen LogP contribution in [-0.4, -0.2) is 23.3 Å². The van der Waals surface area contributed by atoms with Crippen molar-refractivity contribution in [2.24, 2.45) is 5.92 Å². The normalized spacial score (nSPS) is 13.3. The standard InChI is InChI=1S/C24H27NO2S/c1-5-16(2)17(3)28-23-22-9-7-6-8-21(22)20(15-25-23)14-18-10-12-19(13-11-18)24(26)27-4/h6-13,15-17H,5,14H2,1-4H3. The third-order valence-electron chi connectivity index (χ3n) is 5.35. The maximum Gasteiger partial charge on any atom is 0.337 e. The summed E-state index contributed by atoms with van der Waals surface area (Å²) in [5.41, 5.74) is 2.91. The maximum atomic E-state index is 11.6. The summed E-state index contributed by atoms with van der Waals surface area (Å²) in [6.45, 7) is 6.82. The molecule has 0 N–H and O–H groups in total. The Morgan fingerprint density at radius 2 is 1.75 bits per heavy atom. The van der Waals surface area contributed by atoms with Crippen molar-refractivity contribution >= 4 is 28.5 Å². The third kappa shape index (κ3) is 4.56. The molecule has 146 valence electrons. The fraction of sp³-hybridized carbons (Fsp3) is 0.333. The summed E-state index contributed by atoms with van der Waals surface area (Å²) < 4.78 is 4.77. The highest BCUT2D eigenvalue weighted by Crippen LogP contribution is 2.34. The highest BCUT2D eigenvalue weighted by molar-refractivity contribution is 8.00. The smallest absolute Gasteiger partial charge is 0.337 e. The van der Waals surface area contributed by atoms with E-state index >= 15 is 0 Å². The van der Waals surface area contributed by atoms with Crippen LogP contribution >= 0.6 is 11.8 Å². The lowest BCUT2D eigenvalue weighted by Gasteiger charge is -2.18. The zero-order valence-electron chi connectivity index (χ0n) is 16.9. The molecule has 0 amide bonds. The molecule has 3 aromatic rings. The first-order valence-corrected chi connectivity index (χ1v) is 10.6. The molecule has 4 heteroatoms. The van der Waals surface area contributed by atoms with Crippen LogP contribution in [0.5, 0.6) is 0 Å². The van der Waals surface area contributed by atoms with Crippen LogP contribution < -0.4 is 0 Å². The molecular weight excluding hydrogens is 366 g/mol. The molecule has 0 saturated carbocycles. The second-order valence-corrected chi connectivity index (χ2v) is 8.57. The third-order valence-corrected chi connectivity index (χ3v) is 6.74. The molecule has 1 aromatic heterocycles. The van der Waals surface area contributed by atoms with E-state index < -0.39 is 0 Å². The monoisotopic (exact) mass is 393 g/mol. The number of hydrogen-bond acceptors (Lipinski definition) is 4. The summed E-state index contributed by atoms with van der Waals surface area (Å²) in [5.74, 6) is 0.342. The predicted molar refractivity (Wildman–Crippen MR) is 117 cm³/mol. The van der Waals surface area contributed by atoms with E-state index in [-0.39, 0.29) is 5.97 Å². The fourth-order valence-corrected chi connectivity index (χ4v) is 4.38. The van der Waals surface area contributed by atoms with Gasteiger partial charge in [-0.25, -0.2) is 9.78 Å². The number of carbonyl (C=O) groups is 1. The van der Waals surface area contributed by atoms with E-state index in [0.29, 0.717) is 16.7 Å². The van der Waals surface area contributed by atoms with Crippen LogP contribution in [0.2, 0.25) is 0 Å². The molecule has 0 aliphatic rings. The number of ether oxygens (including phenoxy) is 1. The quantitative estimate of drug-likeness (QED) is 0.357. The Morgan fingerprint density at radius 1 is 1.07 bits per heavy atom. The summed E-state index contributed by atoms with van der Waals surface area (Å²) in [4.78, 5) is 16.4. The van der Waals surface area contributed by atoms with Gasteiger partial charge in [0.1, 0.15) is 5.03 Å². The molecule has 2 aromatic carbocycles. The number of carbonyl (C=O) groups excluding carboxylic acids is 1. The van der Waals surface area contributed by atoms with E-state index in [1.54, 1.807) is 0 Å². The second kappa shape index (κ2) is 9.24. The van der Waals surface area contributed by atoms with Gasteiger partial charge in [-0.3, -0.25) is 0 Å². The molecule has 0 aliphatic carbocycles. The lowest BCUT2D eigenvalue weighted by molar-refractivity contribution is 0.0600. The number of hydrogen-bond donors (Lipinski definition) is 0. The van der Waals surface area contributed by atoms with Crippen molar-refractivity contribution in [2.45, 2.75) is 43.9 Å². The largest absolute Gasteiger partial charge is 0.465 e. The minimum atomic E-state index is -0.310. The van der Waals surface area contributed by atoms with Gasteiger partial charge in [0.25, 0.3) is 0 Å². The molecule has 0 saturated heterocycles. The number of nitrogens with zero attached hydrogens (tertiary/aromatic N) is 1. The van der Waals surface area contributed by atoms with E-state index in [2.05, 4.69) is 45.0 Å². The van der Waals surface area contributed by atoms with Gasteiger partial charge in [-0.05, 0) is 41.0 Å². The van der Waals surface area contributed by atoms with Gasteiger partial charge in [-0.15, -0.1) is 11.8 Å². The first kappa shape index (κ1) is 20.4. The number of rotatable bonds is 7. The molecule has 0 bridgehead atoms. The Kier molecular flexibility index (Phi) is 6.74. The minimum Gasteiger partial charge on any atom is -0.465 e. The molecule has 0 fully saturated rings. The number of methoxy groups -OCH3 is 1. The molecule has 0 spiro atoms. The molecule has 3 rings (SSSR count). The van der Waals surface area contributed by atoms with E-state index in [0.717, 1.165) is 17.0 Å². The van der Waals surface area contributed by atoms with E-state index in [1.807, 2.05) is 42.2 Å². The first-order chi connectivity index (χ1) is 13.5. The van der Waals surface area contributed by atoms with Gasteiger partial charge in [0.2, 0.25) is 0 Å². The average Bonchev–Trinajstić information content (AvgIpc) is 2.74. The molecular formula is C24H27NO2S. The molecule has 0 aliphatic heterocycles. The summed E-state index contributed by atoms with van der Waals surface area (Å²) in [7, 11) is 1.40. The number of esters is 1. The van der Waals surface area contributed by atoms with Crippen molar-refractivity contribution in [3.05, 3.63) is 71.4 Å². The molecule has 2 unspecified atom stereocenters. The number of benzene rings is 2. The summed E-state index contributed by atoms with van der Waals surface area (Å²) >= 11 is 1.87. The van der Waals surface area contributed by atoms with E-state index in [1.165, 1.54) is 29.9 Å². The fourth-order valence-electron chi connectivity index (χ4n) is 3.18.